The van der Waals surface area contributed by atoms with E-state index in [0.29, 0.717) is 29.4 Å². The summed E-state index contributed by atoms with van der Waals surface area (Å²) < 4.78 is 15.0. The standard InChI is InChI=1S/C31H34FN5O2S/c1-2-3-4-5-23-6-8-24(9-7-23)14-15-35-29(38)20-37-19-27(16-26-17-33-22-34-18-26)30(39)36-31(37)40-21-25-10-12-28(32)13-11-25/h6-13,17-19,22H,2-5,14-16,20-21H2,1H3,(H,35,38). The lowest BCUT2D eigenvalue weighted by molar-refractivity contribution is -0.121. The molecule has 40 heavy (non-hydrogen) atoms. The predicted molar refractivity (Wildman–Crippen MR) is 156 cm³/mol. The van der Waals surface area contributed by atoms with Crippen LogP contribution in [-0.4, -0.2) is 32.0 Å². The summed E-state index contributed by atoms with van der Waals surface area (Å²) in [5.74, 6) is 0.00569. The molecule has 1 N–H and O–H groups in total. The molecule has 0 radical (unpaired) electrons. The average Bonchev–Trinajstić information content (AvgIpc) is 2.96. The third-order valence-electron chi connectivity index (χ3n) is 6.46. The van der Waals surface area contributed by atoms with Crippen LogP contribution in [0, 0.1) is 5.82 Å². The fourth-order valence-electron chi connectivity index (χ4n) is 4.25. The van der Waals surface area contributed by atoms with Crippen molar-refractivity contribution in [2.75, 3.05) is 6.54 Å². The quantitative estimate of drug-likeness (QED) is 0.131. The van der Waals surface area contributed by atoms with E-state index >= 15 is 0 Å². The van der Waals surface area contributed by atoms with Crippen molar-refractivity contribution in [3.05, 3.63) is 117 Å². The van der Waals surface area contributed by atoms with Gasteiger partial charge in [-0.25, -0.2) is 14.4 Å². The maximum atomic E-state index is 13.3. The molecule has 0 spiro atoms. The second kappa shape index (κ2) is 15.1. The summed E-state index contributed by atoms with van der Waals surface area (Å²) in [7, 11) is 0. The highest BCUT2D eigenvalue weighted by molar-refractivity contribution is 7.98. The Morgan fingerprint density at radius 3 is 2.30 bits per heavy atom. The molecule has 4 aromatic rings. The number of carbonyl (C=O) groups is 1. The molecule has 9 heteroatoms. The van der Waals surface area contributed by atoms with Crippen molar-refractivity contribution in [3.63, 3.8) is 0 Å². The fourth-order valence-corrected chi connectivity index (χ4v) is 5.17. The Bertz CT molecular complexity index is 1430. The van der Waals surface area contributed by atoms with Crippen LogP contribution in [0.15, 0.2) is 83.4 Å². The highest BCUT2D eigenvalue weighted by Gasteiger charge is 2.13. The first-order chi connectivity index (χ1) is 19.5. The summed E-state index contributed by atoms with van der Waals surface area (Å²) >= 11 is 1.33. The minimum absolute atomic E-state index is 0.0215. The number of thioether (sulfide) groups is 1. The van der Waals surface area contributed by atoms with Crippen LogP contribution >= 0.6 is 11.8 Å². The molecule has 7 nitrogen and oxygen atoms in total. The molecule has 0 aliphatic carbocycles. The van der Waals surface area contributed by atoms with Gasteiger partial charge in [0.05, 0.1) is 0 Å². The number of unbranched alkanes of at least 4 members (excludes halogenated alkanes) is 2. The van der Waals surface area contributed by atoms with Crippen molar-refractivity contribution < 1.29 is 9.18 Å². The van der Waals surface area contributed by atoms with Gasteiger partial charge in [-0.15, -0.1) is 0 Å². The van der Waals surface area contributed by atoms with Gasteiger partial charge >= 0.3 is 0 Å². The molecule has 2 aromatic heterocycles. The van der Waals surface area contributed by atoms with Crippen molar-refractivity contribution in [1.82, 2.24) is 24.8 Å². The number of amides is 1. The molecule has 0 unspecified atom stereocenters. The van der Waals surface area contributed by atoms with E-state index in [1.54, 1.807) is 35.3 Å². The lowest BCUT2D eigenvalue weighted by Gasteiger charge is -2.14. The number of aryl methyl sites for hydroxylation is 1. The summed E-state index contributed by atoms with van der Waals surface area (Å²) in [5, 5.41) is 3.42. The molecule has 2 aromatic carbocycles. The molecule has 0 aliphatic rings. The molecule has 208 valence electrons. The van der Waals surface area contributed by atoms with Crippen LogP contribution < -0.4 is 10.9 Å². The molecule has 0 saturated heterocycles. The highest BCUT2D eigenvalue weighted by atomic mass is 32.2. The topological polar surface area (TPSA) is 89.8 Å². The Kier molecular flexibility index (Phi) is 11.0. The van der Waals surface area contributed by atoms with Gasteiger partial charge in [-0.1, -0.05) is 67.9 Å². The lowest BCUT2D eigenvalue weighted by atomic mass is 10.0. The van der Waals surface area contributed by atoms with Crippen molar-refractivity contribution in [3.8, 4) is 0 Å². The fraction of sp³-hybridized carbons (Fsp3) is 0.323. The van der Waals surface area contributed by atoms with Gasteiger partial charge in [0.2, 0.25) is 5.91 Å². The van der Waals surface area contributed by atoms with E-state index in [-0.39, 0.29) is 23.8 Å². The Balaban J connectivity index is 1.40. The third kappa shape index (κ3) is 9.12. The zero-order valence-electron chi connectivity index (χ0n) is 22.7. The van der Waals surface area contributed by atoms with E-state index < -0.39 is 0 Å². The summed E-state index contributed by atoms with van der Waals surface area (Å²) in [6, 6.07) is 14.8. The minimum atomic E-state index is -0.361. The van der Waals surface area contributed by atoms with Crippen molar-refractivity contribution in [2.24, 2.45) is 0 Å². The summed E-state index contributed by atoms with van der Waals surface area (Å²) in [6.07, 6.45) is 12.2. The molecule has 0 saturated carbocycles. The molecule has 0 bridgehead atoms. The smallest absolute Gasteiger partial charge is 0.277 e. The number of benzene rings is 2. The number of carbonyl (C=O) groups excluding carboxylic acids is 1. The SMILES string of the molecule is CCCCCc1ccc(CCNC(=O)Cn2cc(Cc3cncnc3)c(=O)nc2SCc2ccc(F)cc2)cc1. The predicted octanol–water partition coefficient (Wildman–Crippen LogP) is 5.15. The van der Waals surface area contributed by atoms with Crippen molar-refractivity contribution >= 4 is 17.7 Å². The van der Waals surface area contributed by atoms with E-state index in [1.165, 1.54) is 60.6 Å². The van der Waals surface area contributed by atoms with E-state index in [1.807, 2.05) is 0 Å². The molecule has 0 fully saturated rings. The molecule has 1 amide bonds. The molecule has 4 rings (SSSR count). The van der Waals surface area contributed by atoms with Crippen LogP contribution in [0.1, 0.15) is 54.0 Å². The minimum Gasteiger partial charge on any atom is -0.354 e. The largest absolute Gasteiger partial charge is 0.354 e. The van der Waals surface area contributed by atoms with Crippen molar-refractivity contribution in [2.45, 2.75) is 62.9 Å². The number of rotatable bonds is 14. The third-order valence-corrected chi connectivity index (χ3v) is 7.52. The number of hydrogen-bond acceptors (Lipinski definition) is 6. The lowest BCUT2D eigenvalue weighted by Crippen LogP contribution is -2.31. The van der Waals surface area contributed by atoms with Crippen LogP contribution in [0.3, 0.4) is 0 Å². The first-order valence-corrected chi connectivity index (χ1v) is 14.5. The highest BCUT2D eigenvalue weighted by Crippen LogP contribution is 2.21. The van der Waals surface area contributed by atoms with Gasteiger partial charge in [-0.2, -0.15) is 4.98 Å². The number of hydrogen-bond donors (Lipinski definition) is 1. The van der Waals surface area contributed by atoms with Gasteiger partial charge < -0.3 is 9.88 Å². The van der Waals surface area contributed by atoms with Crippen LogP contribution in [0.25, 0.3) is 0 Å². The van der Waals surface area contributed by atoms with Gasteiger partial charge in [-0.05, 0) is 53.6 Å². The summed E-state index contributed by atoms with van der Waals surface area (Å²) in [6.45, 7) is 2.74. The number of aromatic nitrogens is 4. The van der Waals surface area contributed by atoms with Crippen LogP contribution in [0.2, 0.25) is 0 Å². The van der Waals surface area contributed by atoms with Gasteiger partial charge in [0.15, 0.2) is 5.16 Å². The molecule has 0 aliphatic heterocycles. The zero-order chi connectivity index (χ0) is 28.2. The van der Waals surface area contributed by atoms with Crippen LogP contribution in [0.5, 0.6) is 0 Å². The molecule has 2 heterocycles. The Hall–Kier alpha value is -3.85. The van der Waals surface area contributed by atoms with Gasteiger partial charge in [-0.3, -0.25) is 9.59 Å². The Labute approximate surface area is 238 Å². The monoisotopic (exact) mass is 559 g/mol. The van der Waals surface area contributed by atoms with Gasteiger partial charge in [0, 0.05) is 42.9 Å². The van der Waals surface area contributed by atoms with E-state index in [0.717, 1.165) is 24.0 Å². The molecular formula is C31H34FN5O2S. The van der Waals surface area contributed by atoms with Gasteiger partial charge in [0.1, 0.15) is 18.7 Å². The maximum Gasteiger partial charge on any atom is 0.277 e. The van der Waals surface area contributed by atoms with Crippen molar-refractivity contribution in [1.29, 1.82) is 0 Å². The molecule has 0 atom stereocenters. The summed E-state index contributed by atoms with van der Waals surface area (Å²) in [5.41, 5.74) is 4.27. The van der Waals surface area contributed by atoms with Crippen LogP contribution in [-0.2, 0) is 36.4 Å². The normalized spacial score (nSPS) is 10.9. The second-order valence-electron chi connectivity index (χ2n) is 9.69. The first kappa shape index (κ1) is 29.1. The van der Waals surface area contributed by atoms with E-state index in [2.05, 4.69) is 51.5 Å². The zero-order valence-corrected chi connectivity index (χ0v) is 23.5. The molecular weight excluding hydrogens is 525 g/mol. The van der Waals surface area contributed by atoms with Crippen LogP contribution in [0.4, 0.5) is 4.39 Å². The number of halogens is 1. The van der Waals surface area contributed by atoms with E-state index in [9.17, 15) is 14.0 Å². The first-order valence-electron chi connectivity index (χ1n) is 13.6. The maximum absolute atomic E-state index is 13.3. The second-order valence-corrected chi connectivity index (χ2v) is 10.6. The van der Waals surface area contributed by atoms with E-state index in [4.69, 9.17) is 0 Å². The Morgan fingerprint density at radius 1 is 0.925 bits per heavy atom. The summed E-state index contributed by atoms with van der Waals surface area (Å²) in [4.78, 5) is 38.1. The average molecular weight is 560 g/mol. The number of nitrogens with zero attached hydrogens (tertiary/aromatic N) is 4. The van der Waals surface area contributed by atoms with Gasteiger partial charge in [0.25, 0.3) is 5.56 Å². The Morgan fingerprint density at radius 2 is 1.60 bits per heavy atom. The number of nitrogens with one attached hydrogen (secondary N) is 1.